The molecule has 1 fully saturated rings. The van der Waals surface area contributed by atoms with Crippen molar-refractivity contribution in [2.75, 3.05) is 27.7 Å². The number of rotatable bonds is 6. The lowest BCUT2D eigenvalue weighted by Crippen LogP contribution is -2.39. The van der Waals surface area contributed by atoms with Crippen LogP contribution in [-0.4, -0.2) is 40.5 Å². The van der Waals surface area contributed by atoms with Crippen LogP contribution in [0.3, 0.4) is 0 Å². The van der Waals surface area contributed by atoms with Crippen molar-refractivity contribution in [1.82, 2.24) is 9.03 Å². The Balaban J connectivity index is 2.16. The summed E-state index contributed by atoms with van der Waals surface area (Å²) in [6.45, 7) is 0.411. The van der Waals surface area contributed by atoms with Crippen LogP contribution in [0, 0.1) is 0 Å². The molecule has 0 bridgehead atoms. The summed E-state index contributed by atoms with van der Waals surface area (Å²) in [6.07, 6.45) is 1.95. The number of benzene rings is 1. The van der Waals surface area contributed by atoms with Gasteiger partial charge in [-0.1, -0.05) is 18.2 Å². The van der Waals surface area contributed by atoms with Crippen LogP contribution in [0.25, 0.3) is 0 Å². The first kappa shape index (κ1) is 14.3. The van der Waals surface area contributed by atoms with Crippen molar-refractivity contribution in [3.05, 3.63) is 29.8 Å². The summed E-state index contributed by atoms with van der Waals surface area (Å²) in [5, 5.41) is 0. The van der Waals surface area contributed by atoms with Crippen molar-refractivity contribution in [3.63, 3.8) is 0 Å². The molecular weight excluding hydrogens is 264 g/mol. The monoisotopic (exact) mass is 284 g/mol. The van der Waals surface area contributed by atoms with E-state index in [1.165, 1.54) is 18.4 Å². The predicted octanol–water partition coefficient (Wildman–Crippen LogP) is 1.12. The standard InChI is InChI=1S/C13H20N2O3S/c1-15(2)19(16,17)14-10-13(8-9-13)11-6-4-5-7-12(11)18-3/h4-7,14H,8-10H2,1-3H3. The summed E-state index contributed by atoms with van der Waals surface area (Å²) in [5.74, 6) is 0.823. The maximum atomic E-state index is 11.8. The Morgan fingerprint density at radius 3 is 2.47 bits per heavy atom. The predicted molar refractivity (Wildman–Crippen MR) is 74.5 cm³/mol. The third-order valence-corrected chi connectivity index (χ3v) is 5.08. The molecule has 0 unspecified atom stereocenters. The van der Waals surface area contributed by atoms with E-state index in [1.54, 1.807) is 7.11 Å². The smallest absolute Gasteiger partial charge is 0.278 e. The molecule has 0 saturated heterocycles. The van der Waals surface area contributed by atoms with Gasteiger partial charge in [-0.25, -0.2) is 4.72 Å². The quantitative estimate of drug-likeness (QED) is 0.851. The molecule has 0 amide bonds. The van der Waals surface area contributed by atoms with Gasteiger partial charge in [0.2, 0.25) is 0 Å². The normalized spacial score (nSPS) is 17.5. The van der Waals surface area contributed by atoms with E-state index in [1.807, 2.05) is 24.3 Å². The molecule has 1 N–H and O–H groups in total. The molecule has 0 radical (unpaired) electrons. The molecule has 106 valence electrons. The number of hydrogen-bond acceptors (Lipinski definition) is 3. The molecule has 5 nitrogen and oxygen atoms in total. The van der Waals surface area contributed by atoms with Crippen LogP contribution in [0.4, 0.5) is 0 Å². The largest absolute Gasteiger partial charge is 0.496 e. The number of para-hydroxylation sites is 1. The Morgan fingerprint density at radius 1 is 1.32 bits per heavy atom. The van der Waals surface area contributed by atoms with Gasteiger partial charge >= 0.3 is 0 Å². The van der Waals surface area contributed by atoms with E-state index >= 15 is 0 Å². The van der Waals surface area contributed by atoms with Gasteiger partial charge < -0.3 is 4.74 Å². The van der Waals surface area contributed by atoms with Crippen molar-refractivity contribution in [2.45, 2.75) is 18.3 Å². The highest BCUT2D eigenvalue weighted by Gasteiger charge is 2.46. The minimum atomic E-state index is -3.38. The molecule has 1 aliphatic rings. The van der Waals surface area contributed by atoms with Crippen LogP contribution >= 0.6 is 0 Å². The maximum absolute atomic E-state index is 11.8. The molecule has 1 aliphatic carbocycles. The zero-order valence-electron chi connectivity index (χ0n) is 11.5. The zero-order chi connectivity index (χ0) is 14.1. The molecule has 6 heteroatoms. The third kappa shape index (κ3) is 2.91. The van der Waals surface area contributed by atoms with Gasteiger partial charge in [0, 0.05) is 31.6 Å². The molecule has 1 aromatic carbocycles. The average molecular weight is 284 g/mol. The summed E-state index contributed by atoms with van der Waals surface area (Å²) >= 11 is 0. The van der Waals surface area contributed by atoms with E-state index in [2.05, 4.69) is 4.72 Å². The van der Waals surface area contributed by atoms with Crippen LogP contribution in [-0.2, 0) is 15.6 Å². The van der Waals surface area contributed by atoms with E-state index in [0.29, 0.717) is 6.54 Å². The Kier molecular flexibility index (Phi) is 3.85. The minimum absolute atomic E-state index is 0.115. The molecule has 19 heavy (non-hydrogen) atoms. The molecular formula is C13H20N2O3S. The second-order valence-electron chi connectivity index (χ2n) is 5.09. The highest BCUT2D eigenvalue weighted by Crippen LogP contribution is 2.50. The van der Waals surface area contributed by atoms with Crippen molar-refractivity contribution in [1.29, 1.82) is 0 Å². The first-order chi connectivity index (χ1) is 8.91. The van der Waals surface area contributed by atoms with Gasteiger partial charge in [0.25, 0.3) is 10.2 Å². The average Bonchev–Trinajstić information content (AvgIpc) is 3.17. The fourth-order valence-corrected chi connectivity index (χ4v) is 2.85. The van der Waals surface area contributed by atoms with E-state index in [0.717, 1.165) is 24.2 Å². The molecule has 0 aliphatic heterocycles. The minimum Gasteiger partial charge on any atom is -0.496 e. The van der Waals surface area contributed by atoms with Crippen LogP contribution in [0.1, 0.15) is 18.4 Å². The first-order valence-electron chi connectivity index (χ1n) is 6.22. The number of nitrogens with zero attached hydrogens (tertiary/aromatic N) is 1. The number of ether oxygens (including phenoxy) is 1. The molecule has 2 rings (SSSR count). The summed E-state index contributed by atoms with van der Waals surface area (Å²) in [4.78, 5) is 0. The fraction of sp³-hybridized carbons (Fsp3) is 0.538. The third-order valence-electron chi connectivity index (χ3n) is 3.61. The number of methoxy groups -OCH3 is 1. The van der Waals surface area contributed by atoms with Crippen LogP contribution in [0.5, 0.6) is 5.75 Å². The van der Waals surface area contributed by atoms with E-state index in [9.17, 15) is 8.42 Å². The van der Waals surface area contributed by atoms with Crippen molar-refractivity contribution < 1.29 is 13.2 Å². The van der Waals surface area contributed by atoms with E-state index in [4.69, 9.17) is 4.74 Å². The Morgan fingerprint density at radius 2 is 1.95 bits per heavy atom. The lowest BCUT2D eigenvalue weighted by atomic mass is 9.95. The van der Waals surface area contributed by atoms with Crippen molar-refractivity contribution in [2.24, 2.45) is 0 Å². The van der Waals surface area contributed by atoms with Crippen LogP contribution < -0.4 is 9.46 Å². The van der Waals surface area contributed by atoms with Gasteiger partial charge in [-0.05, 0) is 18.9 Å². The Hall–Kier alpha value is -1.11. The Labute approximate surface area is 114 Å². The topological polar surface area (TPSA) is 58.6 Å². The highest BCUT2D eigenvalue weighted by molar-refractivity contribution is 7.87. The number of nitrogens with one attached hydrogen (secondary N) is 1. The van der Waals surface area contributed by atoms with Gasteiger partial charge in [0.05, 0.1) is 7.11 Å². The van der Waals surface area contributed by atoms with Gasteiger partial charge in [0.15, 0.2) is 0 Å². The maximum Gasteiger partial charge on any atom is 0.278 e. The molecule has 0 heterocycles. The lowest BCUT2D eigenvalue weighted by molar-refractivity contribution is 0.403. The first-order valence-corrected chi connectivity index (χ1v) is 7.66. The summed E-state index contributed by atoms with van der Waals surface area (Å²) in [6, 6.07) is 7.80. The summed E-state index contributed by atoms with van der Waals surface area (Å²) in [5.41, 5.74) is 0.967. The summed E-state index contributed by atoms with van der Waals surface area (Å²) in [7, 11) is 1.30. The number of hydrogen-bond donors (Lipinski definition) is 1. The van der Waals surface area contributed by atoms with Gasteiger partial charge in [0.1, 0.15) is 5.75 Å². The van der Waals surface area contributed by atoms with E-state index in [-0.39, 0.29) is 5.41 Å². The second-order valence-corrected chi connectivity index (χ2v) is 7.06. The molecule has 0 spiro atoms. The molecule has 0 atom stereocenters. The zero-order valence-corrected chi connectivity index (χ0v) is 12.3. The van der Waals surface area contributed by atoms with Gasteiger partial charge in [-0.3, -0.25) is 0 Å². The van der Waals surface area contributed by atoms with Gasteiger partial charge in [-0.15, -0.1) is 0 Å². The molecule has 1 saturated carbocycles. The molecule has 0 aromatic heterocycles. The second kappa shape index (κ2) is 5.11. The van der Waals surface area contributed by atoms with Crippen molar-refractivity contribution >= 4 is 10.2 Å². The van der Waals surface area contributed by atoms with Crippen molar-refractivity contribution in [3.8, 4) is 5.75 Å². The van der Waals surface area contributed by atoms with Crippen LogP contribution in [0.2, 0.25) is 0 Å². The SMILES string of the molecule is COc1ccccc1C1(CNS(=O)(=O)N(C)C)CC1. The fourth-order valence-electron chi connectivity index (χ4n) is 2.13. The van der Waals surface area contributed by atoms with Gasteiger partial charge in [-0.2, -0.15) is 12.7 Å². The van der Waals surface area contributed by atoms with Crippen LogP contribution in [0.15, 0.2) is 24.3 Å². The summed E-state index contributed by atoms with van der Waals surface area (Å²) < 4.78 is 32.8. The van der Waals surface area contributed by atoms with E-state index < -0.39 is 10.2 Å². The lowest BCUT2D eigenvalue weighted by Gasteiger charge is -2.20. The molecule has 1 aromatic rings. The highest BCUT2D eigenvalue weighted by atomic mass is 32.2. The Bertz CT molecular complexity index is 551.